The zero-order valence-electron chi connectivity index (χ0n) is 39.8. The molecule has 0 aromatic carbocycles. The molecule has 346 valence electrons. The molecule has 3 N–H and O–H groups in total. The van der Waals surface area contributed by atoms with Crippen LogP contribution in [0.25, 0.3) is 0 Å². The molecule has 0 aliphatic carbocycles. The number of aliphatic hydroxyl groups excluding tert-OH is 2. The fraction of sp³-hybridized carbons (Fsp3) is 0.836. The van der Waals surface area contributed by atoms with Crippen LogP contribution >= 0.6 is 0 Å². The lowest BCUT2D eigenvalue weighted by atomic mass is 10.0. The lowest BCUT2D eigenvalue weighted by molar-refractivity contribution is -0.123. The second kappa shape index (κ2) is 50.7. The van der Waals surface area contributed by atoms with Gasteiger partial charge in [0.05, 0.1) is 18.8 Å². The predicted octanol–water partition coefficient (Wildman–Crippen LogP) is 17.1. The van der Waals surface area contributed by atoms with Crippen LogP contribution in [0.1, 0.15) is 277 Å². The minimum atomic E-state index is -0.872. The minimum absolute atomic E-state index is 0.0773. The number of nitrogens with one attached hydrogen (secondary N) is 1. The molecule has 0 aromatic heterocycles. The highest BCUT2D eigenvalue weighted by atomic mass is 16.3. The molecule has 2 atom stereocenters. The van der Waals surface area contributed by atoms with Gasteiger partial charge >= 0.3 is 0 Å². The summed E-state index contributed by atoms with van der Waals surface area (Å²) in [6.07, 6.45) is 69.7. The van der Waals surface area contributed by atoms with E-state index in [1.165, 1.54) is 218 Å². The summed E-state index contributed by atoms with van der Waals surface area (Å²) in [4.78, 5) is 12.4. The van der Waals surface area contributed by atoms with Crippen LogP contribution < -0.4 is 5.32 Å². The molecular weight excluding hydrogens is 723 g/mol. The molecule has 0 fully saturated rings. The maximum Gasteiger partial charge on any atom is 0.220 e. The van der Waals surface area contributed by atoms with E-state index >= 15 is 0 Å². The molecule has 0 radical (unpaired) electrons. The summed E-state index contributed by atoms with van der Waals surface area (Å²) in [5, 5.41) is 23.1. The van der Waals surface area contributed by atoms with E-state index in [1.54, 1.807) is 6.08 Å². The highest BCUT2D eigenvalue weighted by molar-refractivity contribution is 5.76. The van der Waals surface area contributed by atoms with Gasteiger partial charge in [-0.15, -0.1) is 0 Å². The Morgan fingerprint density at radius 2 is 0.661 bits per heavy atom. The first kappa shape index (κ1) is 57.3. The second-order valence-corrected chi connectivity index (χ2v) is 17.9. The highest BCUT2D eigenvalue weighted by Gasteiger charge is 2.17. The van der Waals surface area contributed by atoms with Crippen molar-refractivity contribution in [3.05, 3.63) is 48.6 Å². The molecule has 0 aliphatic rings. The molecule has 0 heterocycles. The van der Waals surface area contributed by atoms with Crippen LogP contribution in [0.3, 0.4) is 0 Å². The number of aliphatic hydroxyl groups is 2. The molecule has 4 nitrogen and oxygen atoms in total. The van der Waals surface area contributed by atoms with Crippen LogP contribution in [-0.4, -0.2) is 34.9 Å². The second-order valence-electron chi connectivity index (χ2n) is 17.9. The average molecular weight is 826 g/mol. The Bertz CT molecular complexity index is 939. The summed E-state index contributed by atoms with van der Waals surface area (Å²) >= 11 is 0. The fourth-order valence-electron chi connectivity index (χ4n) is 7.97. The Balaban J connectivity index is 3.57. The first-order valence-corrected chi connectivity index (χ1v) is 26.4. The van der Waals surface area contributed by atoms with Crippen molar-refractivity contribution in [2.75, 3.05) is 6.61 Å². The molecule has 0 saturated carbocycles. The number of allylic oxidation sites excluding steroid dienone is 7. The molecule has 0 bridgehead atoms. The molecule has 0 rings (SSSR count). The summed E-state index contributed by atoms with van der Waals surface area (Å²) in [7, 11) is 0. The third kappa shape index (κ3) is 47.3. The van der Waals surface area contributed by atoms with Gasteiger partial charge in [0.15, 0.2) is 0 Å². The van der Waals surface area contributed by atoms with E-state index in [0.29, 0.717) is 6.42 Å². The Labute approximate surface area is 369 Å². The van der Waals surface area contributed by atoms with E-state index in [1.807, 2.05) is 6.08 Å². The Hall–Kier alpha value is -1.65. The van der Waals surface area contributed by atoms with Crippen LogP contribution in [0.2, 0.25) is 0 Å². The van der Waals surface area contributed by atoms with E-state index in [9.17, 15) is 15.0 Å². The maximum atomic E-state index is 12.4. The van der Waals surface area contributed by atoms with Crippen molar-refractivity contribution in [2.45, 2.75) is 289 Å². The van der Waals surface area contributed by atoms with Crippen molar-refractivity contribution in [3.63, 3.8) is 0 Å². The van der Waals surface area contributed by atoms with Crippen LogP contribution in [-0.2, 0) is 4.79 Å². The van der Waals surface area contributed by atoms with Crippen LogP contribution in [0, 0.1) is 0 Å². The van der Waals surface area contributed by atoms with Gasteiger partial charge in [0.2, 0.25) is 5.91 Å². The summed E-state index contributed by atoms with van der Waals surface area (Å²) in [6.45, 7) is 4.31. The van der Waals surface area contributed by atoms with Gasteiger partial charge in [-0.05, 0) is 70.6 Å². The van der Waals surface area contributed by atoms with E-state index in [-0.39, 0.29) is 12.5 Å². The number of carbonyl (C=O) groups is 1. The number of rotatable bonds is 48. The van der Waals surface area contributed by atoms with E-state index in [2.05, 4.69) is 55.6 Å². The SMILES string of the molecule is CCCCCCCCCCCCC/C=C/CC/C=C/CC/C=C/C(O)C(CO)NC(=O)CCCCCCCCCCCC/C=C\CCCCCCCCCCCCCC. The highest BCUT2D eigenvalue weighted by Crippen LogP contribution is 2.16. The van der Waals surface area contributed by atoms with Crippen LogP contribution in [0.15, 0.2) is 48.6 Å². The lowest BCUT2D eigenvalue weighted by Crippen LogP contribution is -2.45. The van der Waals surface area contributed by atoms with Crippen molar-refractivity contribution in [3.8, 4) is 0 Å². The first-order chi connectivity index (χ1) is 29.2. The number of unbranched alkanes of at least 4 members (excludes halogenated alkanes) is 35. The molecule has 0 aromatic rings. The van der Waals surface area contributed by atoms with Gasteiger partial charge in [-0.1, -0.05) is 249 Å². The Morgan fingerprint density at radius 3 is 0.983 bits per heavy atom. The molecule has 4 heteroatoms. The average Bonchev–Trinajstić information content (AvgIpc) is 3.24. The third-order valence-electron chi connectivity index (χ3n) is 12.0. The van der Waals surface area contributed by atoms with E-state index in [4.69, 9.17) is 0 Å². The zero-order valence-corrected chi connectivity index (χ0v) is 39.8. The van der Waals surface area contributed by atoms with Crippen molar-refractivity contribution in [1.82, 2.24) is 5.32 Å². The molecule has 59 heavy (non-hydrogen) atoms. The molecule has 0 aliphatic heterocycles. The van der Waals surface area contributed by atoms with Crippen LogP contribution in [0.4, 0.5) is 0 Å². The maximum absolute atomic E-state index is 12.4. The van der Waals surface area contributed by atoms with Gasteiger partial charge in [-0.2, -0.15) is 0 Å². The summed E-state index contributed by atoms with van der Waals surface area (Å²) in [5.74, 6) is -0.0773. The van der Waals surface area contributed by atoms with Crippen molar-refractivity contribution >= 4 is 5.91 Å². The Kier molecular flexibility index (Phi) is 49.3. The van der Waals surface area contributed by atoms with Gasteiger partial charge in [0.25, 0.3) is 0 Å². The Morgan fingerprint density at radius 1 is 0.390 bits per heavy atom. The van der Waals surface area contributed by atoms with Crippen molar-refractivity contribution in [2.24, 2.45) is 0 Å². The normalized spacial score (nSPS) is 13.2. The van der Waals surface area contributed by atoms with E-state index < -0.39 is 12.1 Å². The standard InChI is InChI=1S/C55H103NO3/c1-3-5-7-9-11-13-15-17-19-21-23-25-26-27-28-29-31-33-35-37-39-41-43-45-47-49-51-55(59)56-53(52-57)54(58)50-48-46-44-42-40-38-36-34-32-30-24-22-20-18-16-14-12-10-8-6-4-2/h27-28,32,34,40,42,48,50,53-54,57-58H,3-26,29-31,33,35-39,41,43-47,49,51-52H2,1-2H3,(H,56,59)/b28-27-,34-32+,42-40+,50-48+. The van der Waals surface area contributed by atoms with Gasteiger partial charge in [-0.3, -0.25) is 4.79 Å². The van der Waals surface area contributed by atoms with Gasteiger partial charge in [-0.25, -0.2) is 0 Å². The number of carbonyl (C=O) groups excluding carboxylic acids is 1. The van der Waals surface area contributed by atoms with E-state index in [0.717, 1.165) is 38.5 Å². The third-order valence-corrected chi connectivity index (χ3v) is 12.0. The lowest BCUT2D eigenvalue weighted by Gasteiger charge is -2.19. The molecule has 2 unspecified atom stereocenters. The first-order valence-electron chi connectivity index (χ1n) is 26.4. The quantitative estimate of drug-likeness (QED) is 0.0423. The summed E-state index contributed by atoms with van der Waals surface area (Å²) < 4.78 is 0. The van der Waals surface area contributed by atoms with Gasteiger partial charge < -0.3 is 15.5 Å². The van der Waals surface area contributed by atoms with Crippen LogP contribution in [0.5, 0.6) is 0 Å². The zero-order chi connectivity index (χ0) is 42.8. The smallest absolute Gasteiger partial charge is 0.220 e. The summed E-state index contributed by atoms with van der Waals surface area (Å²) in [5.41, 5.74) is 0. The van der Waals surface area contributed by atoms with Gasteiger partial charge in [0.1, 0.15) is 0 Å². The molecule has 0 spiro atoms. The largest absolute Gasteiger partial charge is 0.394 e. The molecule has 1 amide bonds. The summed E-state index contributed by atoms with van der Waals surface area (Å²) in [6, 6.07) is -0.647. The monoisotopic (exact) mass is 826 g/mol. The number of hydrogen-bond acceptors (Lipinski definition) is 3. The van der Waals surface area contributed by atoms with Gasteiger partial charge in [0, 0.05) is 6.42 Å². The molecular formula is C55H103NO3. The van der Waals surface area contributed by atoms with Crippen molar-refractivity contribution in [1.29, 1.82) is 0 Å². The minimum Gasteiger partial charge on any atom is -0.394 e. The number of hydrogen-bond donors (Lipinski definition) is 3. The van der Waals surface area contributed by atoms with Crippen molar-refractivity contribution < 1.29 is 15.0 Å². The number of amides is 1. The topological polar surface area (TPSA) is 69.6 Å². The fourth-order valence-corrected chi connectivity index (χ4v) is 7.97. The predicted molar refractivity (Wildman–Crippen MR) is 262 cm³/mol. The molecule has 0 saturated heterocycles.